The molecule has 0 fully saturated rings. The van der Waals surface area contributed by atoms with Crippen LogP contribution in [0.15, 0.2) is 36.5 Å². The van der Waals surface area contributed by atoms with Gasteiger partial charge in [-0.15, -0.1) is 0 Å². The Morgan fingerprint density at radius 2 is 2.07 bits per heavy atom. The third-order valence-corrected chi connectivity index (χ3v) is 1.84. The monoisotopic (exact) mass is 200 g/mol. The second-order valence-electron chi connectivity index (χ2n) is 3.30. The van der Waals surface area contributed by atoms with Gasteiger partial charge in [0.2, 0.25) is 0 Å². The number of ketones is 1. The highest BCUT2D eigenvalue weighted by molar-refractivity contribution is 6.06. The summed E-state index contributed by atoms with van der Waals surface area (Å²) >= 11 is 0. The zero-order chi connectivity index (χ0) is 11.3. The average Bonchev–Trinajstić information content (AvgIpc) is 2.25. The fourth-order valence-corrected chi connectivity index (χ4v) is 1.10. The molecule has 1 rings (SSSR count). The highest BCUT2D eigenvalue weighted by atomic mass is 16.1. The van der Waals surface area contributed by atoms with Crippen LogP contribution in [0.4, 0.5) is 0 Å². The van der Waals surface area contributed by atoms with E-state index in [9.17, 15) is 4.79 Å². The largest absolute Gasteiger partial charge is 0.383 e. The molecule has 1 aromatic carbocycles. The predicted molar refractivity (Wildman–Crippen MR) is 58.3 cm³/mol. The first kappa shape index (κ1) is 11.0. The normalized spacial score (nSPS) is 9.93. The topological polar surface area (TPSA) is 44.1 Å². The summed E-state index contributed by atoms with van der Waals surface area (Å²) in [6.07, 6.45) is 3.12. The van der Waals surface area contributed by atoms with Gasteiger partial charge >= 0.3 is 0 Å². The Kier molecular flexibility index (Phi) is 3.64. The van der Waals surface area contributed by atoms with Crippen LogP contribution < -0.4 is 0 Å². The molecule has 1 aromatic rings. The van der Waals surface area contributed by atoms with Crippen LogP contribution in [0.25, 0.3) is 0 Å². The van der Waals surface area contributed by atoms with Crippen molar-refractivity contribution in [3.63, 3.8) is 0 Å². The van der Waals surface area contributed by atoms with Crippen molar-refractivity contribution in [3.8, 4) is 6.07 Å². The van der Waals surface area contributed by atoms with Crippen LogP contribution in [0.1, 0.15) is 15.9 Å². The zero-order valence-electron chi connectivity index (χ0n) is 8.77. The molecule has 0 saturated heterocycles. The number of rotatable bonds is 3. The molecular formula is C12H12N2O. The van der Waals surface area contributed by atoms with Gasteiger partial charge in [-0.1, -0.05) is 12.1 Å². The smallest absolute Gasteiger partial charge is 0.188 e. The maximum atomic E-state index is 11.7. The number of carbonyl (C=O) groups is 1. The maximum Gasteiger partial charge on any atom is 0.188 e. The Morgan fingerprint density at radius 3 is 2.67 bits per heavy atom. The standard InChI is InChI=1S/C12H12N2O/c1-14(2)8-7-12(15)11-6-4-3-5-10(11)9-13/h3-8H,1-2H3. The minimum atomic E-state index is -0.152. The Bertz CT molecular complexity index is 427. The zero-order valence-corrected chi connectivity index (χ0v) is 8.77. The summed E-state index contributed by atoms with van der Waals surface area (Å²) in [5.41, 5.74) is 0.851. The second kappa shape index (κ2) is 4.97. The van der Waals surface area contributed by atoms with E-state index in [4.69, 9.17) is 5.26 Å². The lowest BCUT2D eigenvalue weighted by Crippen LogP contribution is -2.04. The van der Waals surface area contributed by atoms with E-state index < -0.39 is 0 Å². The van der Waals surface area contributed by atoms with Crippen LogP contribution in [0.3, 0.4) is 0 Å². The number of nitriles is 1. The van der Waals surface area contributed by atoms with Gasteiger partial charge in [0, 0.05) is 31.9 Å². The van der Waals surface area contributed by atoms with Crippen molar-refractivity contribution in [2.24, 2.45) is 0 Å². The SMILES string of the molecule is CN(C)C=CC(=O)c1ccccc1C#N. The summed E-state index contributed by atoms with van der Waals surface area (Å²) in [5, 5.41) is 8.81. The highest BCUT2D eigenvalue weighted by Gasteiger charge is 2.06. The van der Waals surface area contributed by atoms with E-state index in [1.54, 1.807) is 35.4 Å². The van der Waals surface area contributed by atoms with E-state index in [2.05, 4.69) is 0 Å². The molecule has 0 radical (unpaired) electrons. The fraction of sp³-hybridized carbons (Fsp3) is 0.167. The van der Waals surface area contributed by atoms with E-state index in [-0.39, 0.29) is 5.78 Å². The summed E-state index contributed by atoms with van der Waals surface area (Å²) < 4.78 is 0. The van der Waals surface area contributed by atoms with E-state index in [1.807, 2.05) is 20.2 Å². The molecule has 0 unspecified atom stereocenters. The number of hydrogen-bond donors (Lipinski definition) is 0. The first-order valence-electron chi connectivity index (χ1n) is 4.53. The molecule has 76 valence electrons. The molecule has 0 aromatic heterocycles. The second-order valence-corrected chi connectivity index (χ2v) is 3.30. The Hall–Kier alpha value is -2.08. The average molecular weight is 200 g/mol. The van der Waals surface area contributed by atoms with Crippen molar-refractivity contribution in [2.45, 2.75) is 0 Å². The number of carbonyl (C=O) groups excluding carboxylic acids is 1. The molecule has 0 amide bonds. The Balaban J connectivity index is 2.97. The van der Waals surface area contributed by atoms with Crippen LogP contribution in [0.5, 0.6) is 0 Å². The van der Waals surface area contributed by atoms with Crippen LogP contribution in [0.2, 0.25) is 0 Å². The lowest BCUT2D eigenvalue weighted by Gasteiger charge is -2.03. The number of allylic oxidation sites excluding steroid dienone is 1. The lowest BCUT2D eigenvalue weighted by atomic mass is 10.0. The third-order valence-electron chi connectivity index (χ3n) is 1.84. The van der Waals surface area contributed by atoms with E-state index in [0.717, 1.165) is 0 Å². The molecule has 3 heteroatoms. The third kappa shape index (κ3) is 2.96. The van der Waals surface area contributed by atoms with Gasteiger partial charge in [-0.3, -0.25) is 4.79 Å². The molecule has 0 aliphatic heterocycles. The molecule has 0 atom stereocenters. The molecule has 3 nitrogen and oxygen atoms in total. The summed E-state index contributed by atoms with van der Waals surface area (Å²) in [4.78, 5) is 13.4. The van der Waals surface area contributed by atoms with Gasteiger partial charge < -0.3 is 4.90 Å². The first-order chi connectivity index (χ1) is 7.15. The van der Waals surface area contributed by atoms with Gasteiger partial charge in [0.05, 0.1) is 11.6 Å². The fourth-order valence-electron chi connectivity index (χ4n) is 1.10. The first-order valence-corrected chi connectivity index (χ1v) is 4.53. The quantitative estimate of drug-likeness (QED) is 0.552. The lowest BCUT2D eigenvalue weighted by molar-refractivity contribution is 0.104. The van der Waals surface area contributed by atoms with Gasteiger partial charge in [-0.05, 0) is 12.1 Å². The molecule has 0 saturated carbocycles. The Morgan fingerprint density at radius 1 is 1.40 bits per heavy atom. The number of nitrogens with zero attached hydrogens (tertiary/aromatic N) is 2. The number of hydrogen-bond acceptors (Lipinski definition) is 3. The highest BCUT2D eigenvalue weighted by Crippen LogP contribution is 2.08. The molecule has 0 spiro atoms. The van der Waals surface area contributed by atoms with Crippen LogP contribution >= 0.6 is 0 Å². The van der Waals surface area contributed by atoms with Crippen molar-refractivity contribution >= 4 is 5.78 Å². The van der Waals surface area contributed by atoms with Gasteiger partial charge in [0.1, 0.15) is 0 Å². The molecule has 0 aliphatic rings. The summed E-state index contributed by atoms with van der Waals surface area (Å²) in [5.74, 6) is -0.152. The molecular weight excluding hydrogens is 188 g/mol. The van der Waals surface area contributed by atoms with Gasteiger partial charge in [0.15, 0.2) is 5.78 Å². The molecule has 0 bridgehead atoms. The van der Waals surface area contributed by atoms with Gasteiger partial charge in [-0.2, -0.15) is 5.26 Å². The Labute approximate surface area is 89.2 Å². The van der Waals surface area contributed by atoms with E-state index >= 15 is 0 Å². The van der Waals surface area contributed by atoms with Crippen LogP contribution in [-0.2, 0) is 0 Å². The van der Waals surface area contributed by atoms with E-state index in [1.165, 1.54) is 6.08 Å². The van der Waals surface area contributed by atoms with Crippen LogP contribution in [0, 0.1) is 11.3 Å². The molecule has 0 heterocycles. The van der Waals surface area contributed by atoms with Crippen molar-refractivity contribution < 1.29 is 4.79 Å². The molecule has 0 aliphatic carbocycles. The maximum absolute atomic E-state index is 11.7. The van der Waals surface area contributed by atoms with Crippen molar-refractivity contribution in [2.75, 3.05) is 14.1 Å². The van der Waals surface area contributed by atoms with Gasteiger partial charge in [0.25, 0.3) is 0 Å². The van der Waals surface area contributed by atoms with Gasteiger partial charge in [-0.25, -0.2) is 0 Å². The van der Waals surface area contributed by atoms with Crippen molar-refractivity contribution in [1.82, 2.24) is 4.90 Å². The summed E-state index contributed by atoms with van der Waals surface area (Å²) in [6.45, 7) is 0. The van der Waals surface area contributed by atoms with Crippen molar-refractivity contribution in [3.05, 3.63) is 47.7 Å². The number of benzene rings is 1. The van der Waals surface area contributed by atoms with E-state index in [0.29, 0.717) is 11.1 Å². The molecule has 15 heavy (non-hydrogen) atoms. The summed E-state index contributed by atoms with van der Waals surface area (Å²) in [7, 11) is 3.67. The minimum Gasteiger partial charge on any atom is -0.383 e. The minimum absolute atomic E-state index is 0.152. The van der Waals surface area contributed by atoms with Crippen molar-refractivity contribution in [1.29, 1.82) is 5.26 Å². The predicted octanol–water partition coefficient (Wildman–Crippen LogP) is 1.82. The summed E-state index contributed by atoms with van der Waals surface area (Å²) in [6, 6.07) is 8.77. The molecule has 0 N–H and O–H groups in total. The van der Waals surface area contributed by atoms with Crippen LogP contribution in [-0.4, -0.2) is 24.8 Å².